The van der Waals surface area contributed by atoms with Crippen LogP contribution in [0.2, 0.25) is 0 Å². The Morgan fingerprint density at radius 2 is 1.91 bits per heavy atom. The first-order valence-electron chi connectivity index (χ1n) is 7.13. The molecule has 122 valence electrons. The van der Waals surface area contributed by atoms with E-state index in [2.05, 4.69) is 4.98 Å². The topological polar surface area (TPSA) is 33.1 Å². The summed E-state index contributed by atoms with van der Waals surface area (Å²) in [5.41, 5.74) is 0.640. The van der Waals surface area contributed by atoms with Crippen LogP contribution in [-0.2, 0) is 12.6 Å². The second-order valence-corrected chi connectivity index (χ2v) is 6.52. The molecule has 3 rings (SSSR count). The van der Waals surface area contributed by atoms with Crippen molar-refractivity contribution in [1.29, 1.82) is 0 Å². The number of pyridine rings is 1. The zero-order valence-corrected chi connectivity index (χ0v) is 12.6. The van der Waals surface area contributed by atoms with Crippen LogP contribution in [0.1, 0.15) is 36.6 Å². The lowest BCUT2D eigenvalue weighted by atomic mass is 9.87. The average Bonchev–Trinajstić information content (AvgIpc) is 2.67. The molecule has 23 heavy (non-hydrogen) atoms. The zero-order chi connectivity index (χ0) is 17.0. The number of aliphatic hydroxyl groups is 1. The number of nitrogens with zero attached hydrogens (tertiary/aromatic N) is 1. The lowest BCUT2D eigenvalue weighted by molar-refractivity contribution is -0.139. The highest BCUT2D eigenvalue weighted by molar-refractivity contribution is 5.69. The first kappa shape index (κ1) is 15.9. The van der Waals surface area contributed by atoms with Crippen molar-refractivity contribution in [2.24, 2.45) is 5.41 Å². The van der Waals surface area contributed by atoms with Crippen molar-refractivity contribution in [1.82, 2.24) is 4.98 Å². The molecular formula is C17H15F4NO. The fourth-order valence-electron chi connectivity index (χ4n) is 3.07. The van der Waals surface area contributed by atoms with E-state index in [-0.39, 0.29) is 0 Å². The fourth-order valence-corrected chi connectivity index (χ4v) is 3.07. The highest BCUT2D eigenvalue weighted by Gasteiger charge is 2.39. The van der Waals surface area contributed by atoms with Gasteiger partial charge in [-0.05, 0) is 35.1 Å². The second kappa shape index (κ2) is 5.03. The zero-order valence-electron chi connectivity index (χ0n) is 12.6. The molecule has 1 N–H and O–H groups in total. The molecule has 0 fully saturated rings. The van der Waals surface area contributed by atoms with Gasteiger partial charge in [-0.3, -0.25) is 4.98 Å². The summed E-state index contributed by atoms with van der Waals surface area (Å²) < 4.78 is 51.8. The Labute approximate surface area is 130 Å². The molecule has 2 nitrogen and oxygen atoms in total. The van der Waals surface area contributed by atoms with Crippen LogP contribution in [0, 0.1) is 11.2 Å². The third-order valence-corrected chi connectivity index (χ3v) is 4.34. The molecule has 1 unspecified atom stereocenters. The molecule has 1 atom stereocenters. The quantitative estimate of drug-likeness (QED) is 0.782. The molecule has 1 aliphatic rings. The number of hydrogen-bond donors (Lipinski definition) is 1. The van der Waals surface area contributed by atoms with E-state index < -0.39 is 29.1 Å². The highest BCUT2D eigenvalue weighted by Crippen LogP contribution is 2.47. The number of alkyl halides is 3. The van der Waals surface area contributed by atoms with Gasteiger partial charge in [0.15, 0.2) is 0 Å². The van der Waals surface area contributed by atoms with Gasteiger partial charge in [-0.1, -0.05) is 19.9 Å². The molecule has 0 saturated heterocycles. The van der Waals surface area contributed by atoms with E-state index in [1.807, 2.05) is 13.8 Å². The van der Waals surface area contributed by atoms with Gasteiger partial charge in [-0.15, -0.1) is 0 Å². The lowest BCUT2D eigenvalue weighted by Crippen LogP contribution is -2.16. The van der Waals surface area contributed by atoms with Gasteiger partial charge < -0.3 is 5.11 Å². The summed E-state index contributed by atoms with van der Waals surface area (Å²) in [5.74, 6) is -1.31. The summed E-state index contributed by atoms with van der Waals surface area (Å²) in [5, 5.41) is 10.3. The minimum atomic E-state index is -4.72. The molecule has 0 amide bonds. The SMILES string of the molecule is CC1(C)Cc2c(-c3ccc(C(F)(F)F)c(F)c3)cncc2C1O. The monoisotopic (exact) mass is 325 g/mol. The van der Waals surface area contributed by atoms with E-state index in [0.29, 0.717) is 23.1 Å². The van der Waals surface area contributed by atoms with Gasteiger partial charge in [-0.25, -0.2) is 4.39 Å². The smallest absolute Gasteiger partial charge is 0.388 e. The van der Waals surface area contributed by atoms with E-state index in [1.54, 1.807) is 6.20 Å². The van der Waals surface area contributed by atoms with Crippen molar-refractivity contribution in [3.05, 3.63) is 53.1 Å². The van der Waals surface area contributed by atoms with Crippen LogP contribution in [-0.4, -0.2) is 10.1 Å². The summed E-state index contributed by atoms with van der Waals surface area (Å²) in [4.78, 5) is 4.04. The van der Waals surface area contributed by atoms with Crippen LogP contribution in [0.5, 0.6) is 0 Å². The van der Waals surface area contributed by atoms with Crippen molar-refractivity contribution < 1.29 is 22.7 Å². The van der Waals surface area contributed by atoms with E-state index in [1.165, 1.54) is 12.3 Å². The molecule has 2 aromatic rings. The average molecular weight is 325 g/mol. The van der Waals surface area contributed by atoms with Gasteiger partial charge in [0, 0.05) is 23.5 Å². The van der Waals surface area contributed by atoms with Crippen LogP contribution >= 0.6 is 0 Å². The van der Waals surface area contributed by atoms with Crippen LogP contribution in [0.4, 0.5) is 17.6 Å². The maximum absolute atomic E-state index is 13.8. The van der Waals surface area contributed by atoms with Crippen molar-refractivity contribution in [3.8, 4) is 11.1 Å². The minimum absolute atomic E-state index is 0.324. The summed E-state index contributed by atoms with van der Waals surface area (Å²) in [6, 6.07) is 2.85. The Morgan fingerprint density at radius 1 is 1.22 bits per heavy atom. The first-order chi connectivity index (χ1) is 10.6. The number of benzene rings is 1. The Kier molecular flexibility index (Phi) is 3.48. The first-order valence-corrected chi connectivity index (χ1v) is 7.13. The number of hydrogen-bond acceptors (Lipinski definition) is 2. The summed E-state index contributed by atoms with van der Waals surface area (Å²) in [6.07, 6.45) is -1.83. The molecule has 0 radical (unpaired) electrons. The van der Waals surface area contributed by atoms with Gasteiger partial charge in [0.2, 0.25) is 0 Å². The van der Waals surface area contributed by atoms with Crippen molar-refractivity contribution in [2.45, 2.75) is 32.5 Å². The van der Waals surface area contributed by atoms with Crippen molar-refractivity contribution >= 4 is 0 Å². The number of halogens is 4. The van der Waals surface area contributed by atoms with Crippen molar-refractivity contribution in [2.75, 3.05) is 0 Å². The van der Waals surface area contributed by atoms with E-state index in [0.717, 1.165) is 17.7 Å². The fraction of sp³-hybridized carbons (Fsp3) is 0.353. The normalized spacial score (nSPS) is 19.7. The minimum Gasteiger partial charge on any atom is -0.388 e. The summed E-state index contributed by atoms with van der Waals surface area (Å²) in [6.45, 7) is 3.80. The van der Waals surface area contributed by atoms with E-state index in [4.69, 9.17) is 0 Å². The molecule has 6 heteroatoms. The molecular weight excluding hydrogens is 310 g/mol. The Morgan fingerprint density at radius 3 is 2.52 bits per heavy atom. The number of aliphatic hydroxyl groups excluding tert-OH is 1. The molecule has 0 bridgehead atoms. The molecule has 1 aromatic heterocycles. The molecule has 0 saturated carbocycles. The molecule has 0 spiro atoms. The second-order valence-electron chi connectivity index (χ2n) is 6.52. The van der Waals surface area contributed by atoms with Gasteiger partial charge in [0.05, 0.1) is 11.7 Å². The number of aromatic nitrogens is 1. The van der Waals surface area contributed by atoms with Gasteiger partial charge in [-0.2, -0.15) is 13.2 Å². The predicted octanol–water partition coefficient (Wildman–Crippen LogP) is 4.52. The maximum Gasteiger partial charge on any atom is 0.419 e. The number of fused-ring (bicyclic) bond motifs is 1. The Balaban J connectivity index is 2.11. The highest BCUT2D eigenvalue weighted by atomic mass is 19.4. The van der Waals surface area contributed by atoms with Gasteiger partial charge >= 0.3 is 6.18 Å². The molecule has 1 aliphatic carbocycles. The van der Waals surface area contributed by atoms with Crippen LogP contribution in [0.25, 0.3) is 11.1 Å². The maximum atomic E-state index is 13.8. The van der Waals surface area contributed by atoms with Crippen LogP contribution < -0.4 is 0 Å². The third kappa shape index (κ3) is 2.61. The summed E-state index contributed by atoms with van der Waals surface area (Å²) >= 11 is 0. The van der Waals surface area contributed by atoms with Gasteiger partial charge in [0.1, 0.15) is 5.82 Å². The van der Waals surface area contributed by atoms with Crippen LogP contribution in [0.3, 0.4) is 0 Å². The van der Waals surface area contributed by atoms with Gasteiger partial charge in [0.25, 0.3) is 0 Å². The predicted molar refractivity (Wildman–Crippen MR) is 77.1 cm³/mol. The standard InChI is InChI=1S/C17H15F4NO/c1-16(2)6-10-11(7-22-8-12(10)15(16)23)9-3-4-13(14(18)5-9)17(19,20)21/h3-5,7-8,15,23H,6H2,1-2H3. The third-order valence-electron chi connectivity index (χ3n) is 4.34. The van der Waals surface area contributed by atoms with Crippen molar-refractivity contribution in [3.63, 3.8) is 0 Å². The van der Waals surface area contributed by atoms with E-state index in [9.17, 15) is 22.7 Å². The van der Waals surface area contributed by atoms with Crippen LogP contribution in [0.15, 0.2) is 30.6 Å². The molecule has 0 aliphatic heterocycles. The Bertz CT molecular complexity index is 768. The number of rotatable bonds is 1. The van der Waals surface area contributed by atoms with E-state index >= 15 is 0 Å². The summed E-state index contributed by atoms with van der Waals surface area (Å²) in [7, 11) is 0. The largest absolute Gasteiger partial charge is 0.419 e. The molecule has 1 aromatic carbocycles. The Hall–Kier alpha value is -1.95. The lowest BCUT2D eigenvalue weighted by Gasteiger charge is -2.21. The molecule has 1 heterocycles.